The van der Waals surface area contributed by atoms with Crippen molar-refractivity contribution in [1.29, 1.82) is 0 Å². The first-order chi connectivity index (χ1) is 14.2. The molecule has 1 fully saturated rings. The lowest BCUT2D eigenvalue weighted by Crippen LogP contribution is -2.30. The molecule has 2 aliphatic rings. The van der Waals surface area contributed by atoms with Gasteiger partial charge in [0.2, 0.25) is 0 Å². The number of aryl methyl sites for hydroxylation is 1. The number of rotatable bonds is 4. The van der Waals surface area contributed by atoms with E-state index in [1.54, 1.807) is 0 Å². The molecule has 5 rings (SSSR count). The van der Waals surface area contributed by atoms with Crippen LogP contribution in [0.15, 0.2) is 53.1 Å². The van der Waals surface area contributed by atoms with Crippen LogP contribution in [0.1, 0.15) is 79.8 Å². The fourth-order valence-electron chi connectivity index (χ4n) is 5.06. The van der Waals surface area contributed by atoms with Crippen LogP contribution in [0.3, 0.4) is 0 Å². The highest BCUT2D eigenvalue weighted by Gasteiger charge is 2.47. The lowest BCUT2D eigenvalue weighted by molar-refractivity contribution is 0.366. The van der Waals surface area contributed by atoms with Crippen molar-refractivity contribution in [2.75, 3.05) is 0 Å². The zero-order valence-electron chi connectivity index (χ0n) is 18.5. The van der Waals surface area contributed by atoms with E-state index in [1.807, 2.05) is 0 Å². The van der Waals surface area contributed by atoms with Crippen molar-refractivity contribution >= 4 is 0 Å². The maximum absolute atomic E-state index is 5.04. The van der Waals surface area contributed by atoms with Crippen molar-refractivity contribution < 1.29 is 4.52 Å². The van der Waals surface area contributed by atoms with Crippen LogP contribution in [0.5, 0.6) is 0 Å². The van der Waals surface area contributed by atoms with Crippen molar-refractivity contribution in [3.63, 3.8) is 0 Å². The van der Waals surface area contributed by atoms with Crippen LogP contribution in [0, 0.1) is 6.92 Å². The van der Waals surface area contributed by atoms with Gasteiger partial charge in [0.05, 0.1) is 11.7 Å². The minimum atomic E-state index is 0.0609. The van der Waals surface area contributed by atoms with Crippen LogP contribution in [-0.4, -0.2) is 15.6 Å². The molecule has 2 aromatic carbocycles. The van der Waals surface area contributed by atoms with Crippen LogP contribution in [0.25, 0.3) is 0 Å². The molecule has 0 radical (unpaired) electrons. The van der Waals surface area contributed by atoms with E-state index in [9.17, 15) is 0 Å². The molecule has 154 valence electrons. The lowest BCUT2D eigenvalue weighted by atomic mass is 9.66. The summed E-state index contributed by atoms with van der Waals surface area (Å²) in [6.45, 7) is 11.6. The SMILES string of the molecule is Cc1cc2c(cc1C1(c3ccc(Cc4nnno4)cc3)CC1)C(C)(C)C=CC2(C)C. The zero-order valence-corrected chi connectivity index (χ0v) is 18.5. The van der Waals surface area contributed by atoms with E-state index in [4.69, 9.17) is 4.52 Å². The standard InChI is InChI=1S/C26H29N3O/c1-17-14-21-22(25(4,5)11-10-24(21,2)3)16-20(17)26(12-13-26)19-8-6-18(7-9-19)15-23-27-28-29-30-23/h6-11,14,16H,12-13,15H2,1-5H3. The molecule has 1 saturated carbocycles. The zero-order chi connectivity index (χ0) is 21.1. The molecule has 0 bridgehead atoms. The molecule has 0 unspecified atom stereocenters. The lowest BCUT2D eigenvalue weighted by Gasteiger charge is -2.38. The summed E-state index contributed by atoms with van der Waals surface area (Å²) in [7, 11) is 0. The second kappa shape index (κ2) is 6.37. The van der Waals surface area contributed by atoms with Crippen molar-refractivity contribution in [2.24, 2.45) is 0 Å². The first-order valence-electron chi connectivity index (χ1n) is 10.8. The summed E-state index contributed by atoms with van der Waals surface area (Å²) in [5.74, 6) is 0.548. The van der Waals surface area contributed by atoms with Gasteiger partial charge in [0.15, 0.2) is 0 Å². The van der Waals surface area contributed by atoms with Gasteiger partial charge < -0.3 is 4.52 Å². The highest BCUT2D eigenvalue weighted by molar-refractivity contribution is 5.57. The highest BCUT2D eigenvalue weighted by Crippen LogP contribution is 2.56. The van der Waals surface area contributed by atoms with E-state index < -0.39 is 0 Å². The van der Waals surface area contributed by atoms with Gasteiger partial charge in [0.25, 0.3) is 5.89 Å². The van der Waals surface area contributed by atoms with Gasteiger partial charge in [-0.2, -0.15) is 0 Å². The topological polar surface area (TPSA) is 51.8 Å². The monoisotopic (exact) mass is 399 g/mol. The van der Waals surface area contributed by atoms with Gasteiger partial charge in [0, 0.05) is 16.2 Å². The largest absolute Gasteiger partial charge is 0.320 e. The third-order valence-corrected chi connectivity index (χ3v) is 7.14. The number of hydrogen-bond acceptors (Lipinski definition) is 4. The minimum absolute atomic E-state index is 0.0609. The first kappa shape index (κ1) is 19.2. The van der Waals surface area contributed by atoms with Crippen LogP contribution in [0.2, 0.25) is 0 Å². The fourth-order valence-corrected chi connectivity index (χ4v) is 5.06. The number of hydrogen-bond donors (Lipinski definition) is 0. The molecule has 0 amide bonds. The summed E-state index contributed by atoms with van der Waals surface area (Å²) in [5, 5.41) is 10.9. The second-order valence-corrected chi connectivity index (χ2v) is 10.2. The van der Waals surface area contributed by atoms with Crippen LogP contribution in [-0.2, 0) is 22.7 Å². The second-order valence-electron chi connectivity index (χ2n) is 10.2. The number of benzene rings is 2. The van der Waals surface area contributed by atoms with Gasteiger partial charge in [-0.05, 0) is 58.4 Å². The Morgan fingerprint density at radius 2 is 1.50 bits per heavy atom. The summed E-state index contributed by atoms with van der Waals surface area (Å²) in [6, 6.07) is 13.9. The molecular formula is C26H29N3O. The first-order valence-corrected chi connectivity index (χ1v) is 10.8. The number of fused-ring (bicyclic) bond motifs is 1. The Labute approximate surface area is 178 Å². The average Bonchev–Trinajstić information content (AvgIpc) is 3.35. The molecule has 0 saturated heterocycles. The molecule has 1 heterocycles. The molecule has 30 heavy (non-hydrogen) atoms. The molecule has 0 aliphatic heterocycles. The number of nitrogens with zero attached hydrogens (tertiary/aromatic N) is 3. The predicted octanol–water partition coefficient (Wildman–Crippen LogP) is 5.57. The third-order valence-electron chi connectivity index (χ3n) is 7.14. The highest BCUT2D eigenvalue weighted by atomic mass is 16.5. The van der Waals surface area contributed by atoms with E-state index in [0.717, 1.165) is 5.56 Å². The van der Waals surface area contributed by atoms with Gasteiger partial charge in [-0.25, -0.2) is 0 Å². The van der Waals surface area contributed by atoms with Crippen LogP contribution < -0.4 is 0 Å². The molecule has 2 aliphatic carbocycles. The van der Waals surface area contributed by atoms with E-state index in [1.165, 1.54) is 40.7 Å². The van der Waals surface area contributed by atoms with E-state index in [-0.39, 0.29) is 16.2 Å². The maximum Gasteiger partial charge on any atom is 0.252 e. The van der Waals surface area contributed by atoms with Gasteiger partial charge >= 0.3 is 0 Å². The van der Waals surface area contributed by atoms with E-state index in [2.05, 4.69) is 98.8 Å². The fraction of sp³-hybridized carbons (Fsp3) is 0.423. The molecule has 4 heteroatoms. The van der Waals surface area contributed by atoms with Gasteiger partial charge in [-0.15, -0.1) is 0 Å². The normalized spacial score (nSPS) is 20.0. The number of allylic oxidation sites excluding steroid dienone is 2. The van der Waals surface area contributed by atoms with Crippen LogP contribution in [0.4, 0.5) is 0 Å². The number of aromatic nitrogens is 3. The Kier molecular flexibility index (Phi) is 4.08. The van der Waals surface area contributed by atoms with Crippen molar-refractivity contribution in [2.45, 2.75) is 70.1 Å². The van der Waals surface area contributed by atoms with Crippen molar-refractivity contribution in [3.05, 3.63) is 87.8 Å². The molecule has 0 spiro atoms. The Hall–Kier alpha value is -2.75. The van der Waals surface area contributed by atoms with E-state index >= 15 is 0 Å². The molecule has 3 aromatic rings. The van der Waals surface area contributed by atoms with Crippen molar-refractivity contribution in [3.8, 4) is 0 Å². The predicted molar refractivity (Wildman–Crippen MR) is 118 cm³/mol. The quantitative estimate of drug-likeness (QED) is 0.538. The summed E-state index contributed by atoms with van der Waals surface area (Å²) < 4.78 is 5.04. The van der Waals surface area contributed by atoms with E-state index in [0.29, 0.717) is 12.3 Å². The Bertz CT molecular complexity index is 1120. The molecule has 1 aromatic heterocycles. The Balaban J connectivity index is 1.53. The summed E-state index contributed by atoms with van der Waals surface area (Å²) in [5.41, 5.74) is 8.70. The average molecular weight is 400 g/mol. The molecule has 4 nitrogen and oxygen atoms in total. The molecular weight excluding hydrogens is 370 g/mol. The van der Waals surface area contributed by atoms with Crippen molar-refractivity contribution in [1.82, 2.24) is 15.6 Å². The van der Waals surface area contributed by atoms with Crippen LogP contribution >= 0.6 is 0 Å². The van der Waals surface area contributed by atoms with Gasteiger partial charge in [0.1, 0.15) is 0 Å². The minimum Gasteiger partial charge on any atom is -0.320 e. The molecule has 0 N–H and O–H groups in total. The smallest absolute Gasteiger partial charge is 0.252 e. The molecule has 0 atom stereocenters. The van der Waals surface area contributed by atoms with Gasteiger partial charge in [-0.1, -0.05) is 81.3 Å². The Morgan fingerprint density at radius 1 is 0.867 bits per heavy atom. The summed E-state index contributed by atoms with van der Waals surface area (Å²) in [6.07, 6.45) is 7.79. The summed E-state index contributed by atoms with van der Waals surface area (Å²) in [4.78, 5) is 0. The maximum atomic E-state index is 5.04. The van der Waals surface area contributed by atoms with Gasteiger partial charge in [-0.3, -0.25) is 0 Å². The Morgan fingerprint density at radius 3 is 2.07 bits per heavy atom. The third kappa shape index (κ3) is 3.01. The summed E-state index contributed by atoms with van der Waals surface area (Å²) >= 11 is 0.